The van der Waals surface area contributed by atoms with Gasteiger partial charge in [-0.1, -0.05) is 48.5 Å². The van der Waals surface area contributed by atoms with Crippen molar-refractivity contribution in [3.63, 3.8) is 0 Å². The summed E-state index contributed by atoms with van der Waals surface area (Å²) in [5, 5.41) is 10.8. The number of hydrogen-bond donors (Lipinski definition) is 0. The molecule has 0 saturated carbocycles. The van der Waals surface area contributed by atoms with Gasteiger partial charge in [-0.2, -0.15) is 0 Å². The number of nitro groups is 1. The fourth-order valence-corrected chi connectivity index (χ4v) is 2.99. The van der Waals surface area contributed by atoms with Crippen LogP contribution in [-0.2, 0) is 14.3 Å². The molecule has 3 rings (SSSR count). The van der Waals surface area contributed by atoms with Gasteiger partial charge in [0, 0.05) is 31.3 Å². The third-order valence-electron chi connectivity index (χ3n) is 4.54. The van der Waals surface area contributed by atoms with Crippen molar-refractivity contribution in [1.29, 1.82) is 0 Å². The molecule has 0 atom stereocenters. The molecule has 29 heavy (non-hydrogen) atoms. The van der Waals surface area contributed by atoms with Crippen LogP contribution in [0.15, 0.2) is 66.7 Å². The number of ether oxygens (including phenoxy) is 1. The maximum Gasteiger partial charge on any atom is 0.331 e. The Balaban J connectivity index is 1.48. The number of esters is 1. The van der Waals surface area contributed by atoms with Crippen LogP contribution in [0.2, 0.25) is 0 Å². The molecule has 0 bridgehead atoms. The molecule has 2 aromatic carbocycles. The Morgan fingerprint density at radius 3 is 2.62 bits per heavy atom. The molecule has 0 aliphatic carbocycles. The van der Waals surface area contributed by atoms with E-state index in [0.717, 1.165) is 18.1 Å². The second-order valence-electron chi connectivity index (χ2n) is 6.48. The zero-order chi connectivity index (χ0) is 20.6. The van der Waals surface area contributed by atoms with Gasteiger partial charge in [0.15, 0.2) is 6.61 Å². The molecule has 0 aromatic heterocycles. The normalized spacial score (nSPS) is 13.8. The summed E-state index contributed by atoms with van der Waals surface area (Å²) < 4.78 is 5.00. The van der Waals surface area contributed by atoms with Gasteiger partial charge in [0.1, 0.15) is 0 Å². The first-order valence-electron chi connectivity index (χ1n) is 9.14. The van der Waals surface area contributed by atoms with Crippen LogP contribution in [0.25, 0.3) is 11.6 Å². The lowest BCUT2D eigenvalue weighted by Gasteiger charge is -2.26. The molecule has 0 N–H and O–H groups in total. The number of rotatable bonds is 6. The SMILES string of the molecule is O=C(/C=C/c1cccc([N+](=O)[O-])c1)OCC(=O)N1CC=C(c2ccccc2)CC1. The molecule has 1 heterocycles. The van der Waals surface area contributed by atoms with Crippen LogP contribution in [0.3, 0.4) is 0 Å². The van der Waals surface area contributed by atoms with Gasteiger partial charge in [-0.3, -0.25) is 14.9 Å². The van der Waals surface area contributed by atoms with Crippen LogP contribution >= 0.6 is 0 Å². The third kappa shape index (κ3) is 5.62. The summed E-state index contributed by atoms with van der Waals surface area (Å²) in [6.45, 7) is 0.706. The van der Waals surface area contributed by atoms with Crippen LogP contribution < -0.4 is 0 Å². The van der Waals surface area contributed by atoms with E-state index in [1.807, 2.05) is 36.4 Å². The highest BCUT2D eigenvalue weighted by atomic mass is 16.6. The molecule has 2 aromatic rings. The van der Waals surface area contributed by atoms with Crippen molar-refractivity contribution >= 4 is 29.2 Å². The highest BCUT2D eigenvalue weighted by molar-refractivity contribution is 5.89. The zero-order valence-electron chi connectivity index (χ0n) is 15.7. The summed E-state index contributed by atoms with van der Waals surface area (Å²) in [7, 11) is 0. The van der Waals surface area contributed by atoms with Crippen LogP contribution in [0.4, 0.5) is 5.69 Å². The van der Waals surface area contributed by atoms with Gasteiger partial charge in [-0.15, -0.1) is 0 Å². The van der Waals surface area contributed by atoms with E-state index in [1.54, 1.807) is 11.0 Å². The Morgan fingerprint density at radius 2 is 1.93 bits per heavy atom. The van der Waals surface area contributed by atoms with Crippen molar-refractivity contribution in [2.24, 2.45) is 0 Å². The predicted octanol–water partition coefficient (Wildman–Crippen LogP) is 3.47. The first kappa shape index (κ1) is 20.0. The van der Waals surface area contributed by atoms with Crippen molar-refractivity contribution in [3.05, 3.63) is 88.0 Å². The lowest BCUT2D eigenvalue weighted by molar-refractivity contribution is -0.384. The van der Waals surface area contributed by atoms with E-state index in [2.05, 4.69) is 0 Å². The highest BCUT2D eigenvalue weighted by Gasteiger charge is 2.18. The Hall–Kier alpha value is -3.74. The molecule has 1 aliphatic rings. The fourth-order valence-electron chi connectivity index (χ4n) is 2.99. The van der Waals surface area contributed by atoms with Gasteiger partial charge in [0.2, 0.25) is 0 Å². The first-order chi connectivity index (χ1) is 14.0. The molecule has 0 fully saturated rings. The Labute approximate surface area is 168 Å². The van der Waals surface area contributed by atoms with Crippen molar-refractivity contribution < 1.29 is 19.2 Å². The monoisotopic (exact) mass is 392 g/mol. The molecule has 7 heteroatoms. The lowest BCUT2D eigenvalue weighted by atomic mass is 10.00. The van der Waals surface area contributed by atoms with Crippen molar-refractivity contribution in [2.45, 2.75) is 6.42 Å². The largest absolute Gasteiger partial charge is 0.452 e. The van der Waals surface area contributed by atoms with Gasteiger partial charge in [-0.25, -0.2) is 4.79 Å². The summed E-state index contributed by atoms with van der Waals surface area (Å²) >= 11 is 0. The number of benzene rings is 2. The molecule has 1 aliphatic heterocycles. The average Bonchev–Trinajstić information content (AvgIpc) is 2.77. The summed E-state index contributed by atoms with van der Waals surface area (Å²) in [5.74, 6) is -0.937. The molecule has 0 unspecified atom stereocenters. The molecular formula is C22H20N2O5. The van der Waals surface area contributed by atoms with E-state index in [0.29, 0.717) is 18.7 Å². The van der Waals surface area contributed by atoms with E-state index in [1.165, 1.54) is 29.8 Å². The highest BCUT2D eigenvalue weighted by Crippen LogP contribution is 2.22. The quantitative estimate of drug-likeness (QED) is 0.325. The zero-order valence-corrected chi connectivity index (χ0v) is 15.7. The maximum absolute atomic E-state index is 12.3. The van der Waals surface area contributed by atoms with Crippen LogP contribution in [0, 0.1) is 10.1 Å². The van der Waals surface area contributed by atoms with Gasteiger partial charge < -0.3 is 9.64 Å². The predicted molar refractivity (Wildman–Crippen MR) is 109 cm³/mol. The molecule has 0 saturated heterocycles. The molecule has 148 valence electrons. The molecule has 1 amide bonds. The minimum absolute atomic E-state index is 0.0660. The van der Waals surface area contributed by atoms with Gasteiger partial charge >= 0.3 is 5.97 Å². The topological polar surface area (TPSA) is 89.7 Å². The Kier molecular flexibility index (Phi) is 6.52. The van der Waals surface area contributed by atoms with E-state index in [-0.39, 0.29) is 18.2 Å². The number of hydrogen-bond acceptors (Lipinski definition) is 5. The average molecular weight is 392 g/mol. The van der Waals surface area contributed by atoms with Crippen molar-refractivity contribution in [2.75, 3.05) is 19.7 Å². The number of nitrogens with zero attached hydrogens (tertiary/aromatic N) is 2. The number of carbonyl (C=O) groups is 2. The van der Waals surface area contributed by atoms with Gasteiger partial charge in [0.25, 0.3) is 11.6 Å². The van der Waals surface area contributed by atoms with Crippen LogP contribution in [-0.4, -0.2) is 41.4 Å². The Bertz CT molecular complexity index is 966. The van der Waals surface area contributed by atoms with Crippen molar-refractivity contribution in [3.8, 4) is 0 Å². The van der Waals surface area contributed by atoms with E-state index in [4.69, 9.17) is 4.74 Å². The standard InChI is InChI=1S/C22H20N2O5/c25-21(23-13-11-19(12-14-23)18-6-2-1-3-7-18)16-29-22(26)10-9-17-5-4-8-20(15-17)24(27)28/h1-11,15H,12-14,16H2/b10-9+. The lowest BCUT2D eigenvalue weighted by Crippen LogP contribution is -2.37. The number of nitro benzene ring substituents is 1. The fraction of sp³-hybridized carbons (Fsp3) is 0.182. The van der Waals surface area contributed by atoms with Gasteiger partial charge in [0.05, 0.1) is 4.92 Å². The summed E-state index contributed by atoms with van der Waals surface area (Å²) in [5.41, 5.74) is 2.78. The molecular weight excluding hydrogens is 372 g/mol. The maximum atomic E-state index is 12.3. The minimum Gasteiger partial charge on any atom is -0.452 e. The third-order valence-corrected chi connectivity index (χ3v) is 4.54. The molecule has 0 radical (unpaired) electrons. The summed E-state index contributed by atoms with van der Waals surface area (Å²) in [4.78, 5) is 36.0. The van der Waals surface area contributed by atoms with Crippen molar-refractivity contribution in [1.82, 2.24) is 4.90 Å². The van der Waals surface area contributed by atoms with Gasteiger partial charge in [-0.05, 0) is 29.2 Å². The number of amides is 1. The number of non-ortho nitro benzene ring substituents is 1. The second kappa shape index (κ2) is 9.45. The Morgan fingerprint density at radius 1 is 1.14 bits per heavy atom. The van der Waals surface area contributed by atoms with Crippen LogP contribution in [0.1, 0.15) is 17.5 Å². The smallest absolute Gasteiger partial charge is 0.331 e. The molecule has 0 spiro atoms. The van der Waals surface area contributed by atoms with Crippen LogP contribution in [0.5, 0.6) is 0 Å². The molecule has 7 nitrogen and oxygen atoms in total. The van der Waals surface area contributed by atoms with E-state index < -0.39 is 10.9 Å². The summed E-state index contributed by atoms with van der Waals surface area (Å²) in [6, 6.07) is 15.9. The minimum atomic E-state index is -0.678. The van der Waals surface area contributed by atoms with E-state index >= 15 is 0 Å². The second-order valence-corrected chi connectivity index (χ2v) is 6.48. The number of carbonyl (C=O) groups excluding carboxylic acids is 2. The first-order valence-corrected chi connectivity index (χ1v) is 9.14. The summed E-state index contributed by atoms with van der Waals surface area (Å²) in [6.07, 6.45) is 5.32. The van der Waals surface area contributed by atoms with E-state index in [9.17, 15) is 19.7 Å².